The highest BCUT2D eigenvalue weighted by molar-refractivity contribution is 14.2. The number of rotatable bonds is 9. The Kier molecular flexibility index (Phi) is 11.4. The number of ether oxygens (including phenoxy) is 3. The van der Waals surface area contributed by atoms with Crippen molar-refractivity contribution >= 4 is 30.1 Å². The number of aryl methyl sites for hydroxylation is 1. The van der Waals surface area contributed by atoms with E-state index >= 15 is 0 Å². The average molecular weight is 435 g/mol. The number of nitrogens with zero attached hydrogens (tertiary/aromatic N) is 1. The molecule has 0 aliphatic carbocycles. The van der Waals surface area contributed by atoms with E-state index in [9.17, 15) is 0 Å². The number of aromatic nitrogens is 1. The molecule has 0 fully saturated rings. The molecule has 0 aliphatic rings. The zero-order valence-corrected chi connectivity index (χ0v) is 15.9. The average Bonchev–Trinajstić information content (AvgIpc) is 2.50. The maximum absolute atomic E-state index is 5.66. The molecule has 1 heterocycles. The Hall–Kier alpha value is -0.570. The van der Waals surface area contributed by atoms with Crippen LogP contribution in [0.15, 0.2) is 36.7 Å². The van der Waals surface area contributed by atoms with Gasteiger partial charge in [-0.1, -0.05) is 21.1 Å². The fourth-order valence-electron chi connectivity index (χ4n) is 1.67. The van der Waals surface area contributed by atoms with Gasteiger partial charge in [0.05, 0.1) is 26.0 Å². The van der Waals surface area contributed by atoms with Crippen molar-refractivity contribution in [2.24, 2.45) is 0 Å². The zero-order valence-electron chi connectivity index (χ0n) is 13.0. The Labute approximate surface area is 148 Å². The summed E-state index contributed by atoms with van der Waals surface area (Å²) in [5, 5.41) is 0. The quantitative estimate of drug-likeness (QED) is 0.431. The van der Waals surface area contributed by atoms with Crippen LogP contribution in [-0.4, -0.2) is 37.7 Å². The fraction of sp³-hybridized carbons (Fsp3) is 0.438. The monoisotopic (exact) mass is 435 g/mol. The summed E-state index contributed by atoms with van der Waals surface area (Å²) in [6, 6.07) is 7.99. The molecule has 1 aromatic rings. The lowest BCUT2D eigenvalue weighted by Gasteiger charge is -2.05. The summed E-state index contributed by atoms with van der Waals surface area (Å²) in [6.45, 7) is 4.44. The maximum atomic E-state index is 5.66. The predicted octanol–water partition coefficient (Wildman–Crippen LogP) is 4.14. The topological polar surface area (TPSA) is 40.6 Å². The SMILES string of the molecule is COCCOc1cncccc(COCCSI)cc(C)c1. The standard InChI is InChI=1S/C16H22INO3S/c1-14-10-15(13-20-8-9-22-17)4-3-5-18-12-16(11-14)21-7-6-19-2/h3-5,10-12H,6-9,13H2,1-2H3. The minimum absolute atomic E-state index is 0.505. The van der Waals surface area contributed by atoms with Crippen molar-refractivity contribution in [1.29, 1.82) is 0 Å². The zero-order chi connectivity index (χ0) is 16.0. The summed E-state index contributed by atoms with van der Waals surface area (Å²) in [6.07, 6.45) is 3.44. The van der Waals surface area contributed by atoms with Gasteiger partial charge in [-0.3, -0.25) is 4.98 Å². The molecule has 122 valence electrons. The van der Waals surface area contributed by atoms with Crippen LogP contribution in [0.1, 0.15) is 11.1 Å². The largest absolute Gasteiger partial charge is 0.490 e. The van der Waals surface area contributed by atoms with E-state index in [1.54, 1.807) is 28.4 Å². The second-order valence-electron chi connectivity index (χ2n) is 4.50. The van der Waals surface area contributed by atoms with Crippen molar-refractivity contribution in [2.75, 3.05) is 32.7 Å². The lowest BCUT2D eigenvalue weighted by atomic mass is 10.2. The molecule has 0 aliphatic heterocycles. The number of methoxy groups -OCH3 is 1. The molecule has 0 N–H and O–H groups in total. The molecule has 4 nitrogen and oxygen atoms in total. The molecule has 0 atom stereocenters. The van der Waals surface area contributed by atoms with Crippen LogP contribution in [0.5, 0.6) is 5.75 Å². The van der Waals surface area contributed by atoms with Gasteiger partial charge in [0.1, 0.15) is 12.4 Å². The normalized spacial score (nSPS) is 10.1. The fourth-order valence-corrected chi connectivity index (χ4v) is 2.39. The third-order valence-electron chi connectivity index (χ3n) is 2.60. The van der Waals surface area contributed by atoms with Gasteiger partial charge in [0, 0.05) is 19.1 Å². The van der Waals surface area contributed by atoms with Gasteiger partial charge in [-0.2, -0.15) is 0 Å². The first-order valence-corrected chi connectivity index (χ1v) is 10.5. The van der Waals surface area contributed by atoms with Crippen LogP contribution in [0.2, 0.25) is 0 Å². The van der Waals surface area contributed by atoms with Gasteiger partial charge >= 0.3 is 0 Å². The van der Waals surface area contributed by atoms with Gasteiger partial charge < -0.3 is 14.2 Å². The van der Waals surface area contributed by atoms with Crippen LogP contribution >= 0.6 is 30.1 Å². The molecule has 0 bridgehead atoms. The maximum Gasteiger partial charge on any atom is 0.137 e. The molecule has 0 radical (unpaired) electrons. The van der Waals surface area contributed by atoms with Crippen LogP contribution in [0.25, 0.3) is 0 Å². The second-order valence-corrected chi connectivity index (χ2v) is 7.00. The second kappa shape index (κ2) is 12.9. The first-order chi connectivity index (χ1) is 10.8. The highest BCUT2D eigenvalue weighted by atomic mass is 127. The van der Waals surface area contributed by atoms with Crippen LogP contribution in [0.3, 0.4) is 0 Å². The lowest BCUT2D eigenvalue weighted by Crippen LogP contribution is -2.04. The van der Waals surface area contributed by atoms with E-state index in [-0.39, 0.29) is 0 Å². The van der Waals surface area contributed by atoms with Crippen molar-refractivity contribution in [3.63, 3.8) is 0 Å². The van der Waals surface area contributed by atoms with Gasteiger partial charge in [-0.25, -0.2) is 0 Å². The summed E-state index contributed by atoms with van der Waals surface area (Å²) < 4.78 is 16.3. The third-order valence-corrected chi connectivity index (χ3v) is 4.24. The van der Waals surface area contributed by atoms with E-state index in [0.717, 1.165) is 29.2 Å². The van der Waals surface area contributed by atoms with E-state index in [1.165, 1.54) is 0 Å². The molecular formula is C16H22INO3S. The third kappa shape index (κ3) is 9.45. The summed E-state index contributed by atoms with van der Waals surface area (Å²) in [5.41, 5.74) is 2.20. The van der Waals surface area contributed by atoms with Crippen LogP contribution in [-0.2, 0) is 16.1 Å². The summed E-state index contributed by atoms with van der Waals surface area (Å²) in [7, 11) is 3.41. The summed E-state index contributed by atoms with van der Waals surface area (Å²) in [5.74, 6) is 1.72. The molecule has 0 unspecified atom stereocenters. The van der Waals surface area contributed by atoms with Gasteiger partial charge in [0.25, 0.3) is 0 Å². The summed E-state index contributed by atoms with van der Waals surface area (Å²) >= 11 is 2.27. The van der Waals surface area contributed by atoms with Crippen molar-refractivity contribution in [2.45, 2.75) is 13.5 Å². The molecule has 0 amide bonds. The Bertz CT molecular complexity index is 487. The van der Waals surface area contributed by atoms with Crippen LogP contribution in [0.4, 0.5) is 0 Å². The molecular weight excluding hydrogens is 413 g/mol. The van der Waals surface area contributed by atoms with E-state index in [2.05, 4.69) is 32.3 Å². The molecule has 0 saturated carbocycles. The van der Waals surface area contributed by atoms with E-state index in [4.69, 9.17) is 14.2 Å². The van der Waals surface area contributed by atoms with Gasteiger partial charge in [-0.15, -0.1) is 0 Å². The molecule has 22 heavy (non-hydrogen) atoms. The number of halogens is 1. The van der Waals surface area contributed by atoms with Crippen molar-refractivity contribution < 1.29 is 14.2 Å². The molecule has 6 heteroatoms. The molecule has 0 aromatic carbocycles. The van der Waals surface area contributed by atoms with Crippen LogP contribution < -0.4 is 4.74 Å². The van der Waals surface area contributed by atoms with Gasteiger partial charge in [0.2, 0.25) is 0 Å². The smallest absolute Gasteiger partial charge is 0.137 e. The van der Waals surface area contributed by atoms with Gasteiger partial charge in [-0.05, 0) is 51.4 Å². The number of hydrogen-bond acceptors (Lipinski definition) is 5. The molecule has 0 spiro atoms. The highest BCUT2D eigenvalue weighted by Crippen LogP contribution is 2.12. The first-order valence-electron chi connectivity index (χ1n) is 6.98. The van der Waals surface area contributed by atoms with Crippen molar-refractivity contribution in [3.8, 4) is 5.75 Å². The van der Waals surface area contributed by atoms with Gasteiger partial charge in [0.15, 0.2) is 0 Å². The molecule has 1 aromatic heterocycles. The van der Waals surface area contributed by atoms with Crippen LogP contribution in [0, 0.1) is 6.92 Å². The lowest BCUT2D eigenvalue weighted by molar-refractivity contribution is 0.136. The molecule has 1 rings (SSSR count). The van der Waals surface area contributed by atoms with Crippen molar-refractivity contribution in [1.82, 2.24) is 4.98 Å². The number of hydrogen-bond donors (Lipinski definition) is 0. The first kappa shape index (κ1) is 19.5. The Morgan fingerprint density at radius 2 is 2.09 bits per heavy atom. The van der Waals surface area contributed by atoms with E-state index in [0.29, 0.717) is 19.8 Å². The summed E-state index contributed by atoms with van der Waals surface area (Å²) in [4.78, 5) is 4.21. The predicted molar refractivity (Wildman–Crippen MR) is 100 cm³/mol. The highest BCUT2D eigenvalue weighted by Gasteiger charge is 1.95. The van der Waals surface area contributed by atoms with E-state index in [1.807, 2.05) is 25.1 Å². The van der Waals surface area contributed by atoms with Crippen molar-refractivity contribution in [3.05, 3.63) is 47.8 Å². The minimum Gasteiger partial charge on any atom is -0.490 e. The molecule has 0 saturated heterocycles. The Balaban J connectivity index is 2.83. The Morgan fingerprint density at radius 3 is 2.86 bits per heavy atom. The Morgan fingerprint density at radius 1 is 1.23 bits per heavy atom. The minimum atomic E-state index is 0.505. The van der Waals surface area contributed by atoms with E-state index < -0.39 is 0 Å².